The molecule has 1 aromatic heterocycles. The quantitative estimate of drug-likeness (QED) is 0.215. The fraction of sp³-hybridized carbons (Fsp3) is 0.485. The molecule has 0 aliphatic heterocycles. The van der Waals surface area contributed by atoms with E-state index < -0.39 is 22.1 Å². The standard InChI is InChI=1S/C33H47N5O3S/c1-7-8-9-13-21-35-33(39)30(24(2)3)37-31(27-14-11-10-12-15-27)32-34-22-20-28(36-32)23-26(5)38(6)42(40,41)29-18-16-25(4)17-19-29/h10-12,14-20,22,24,26,30-31,37H,7-9,13,21,23H2,1-6H3,(H,35,39)/t26-,30-,31-/m0/s1. The van der Waals surface area contributed by atoms with E-state index in [0.717, 1.165) is 42.5 Å². The van der Waals surface area contributed by atoms with Gasteiger partial charge in [0.1, 0.15) is 5.82 Å². The molecule has 0 radical (unpaired) electrons. The van der Waals surface area contributed by atoms with Gasteiger partial charge in [0.05, 0.1) is 17.0 Å². The molecule has 3 rings (SSSR count). The van der Waals surface area contributed by atoms with E-state index in [1.165, 1.54) is 4.31 Å². The number of hydrogen-bond donors (Lipinski definition) is 2. The Bertz CT molecular complexity index is 1360. The highest BCUT2D eigenvalue weighted by atomic mass is 32.2. The molecule has 2 N–H and O–H groups in total. The van der Waals surface area contributed by atoms with E-state index in [2.05, 4.69) is 22.5 Å². The van der Waals surface area contributed by atoms with Crippen LogP contribution >= 0.6 is 0 Å². The van der Waals surface area contributed by atoms with Crippen molar-refractivity contribution in [3.63, 3.8) is 0 Å². The zero-order valence-corrected chi connectivity index (χ0v) is 26.7. The zero-order chi connectivity index (χ0) is 30.7. The molecule has 3 aromatic rings. The van der Waals surface area contributed by atoms with Gasteiger partial charge in [0.25, 0.3) is 0 Å². The van der Waals surface area contributed by atoms with E-state index in [0.29, 0.717) is 18.8 Å². The summed E-state index contributed by atoms with van der Waals surface area (Å²) in [6, 6.07) is 17.3. The predicted molar refractivity (Wildman–Crippen MR) is 169 cm³/mol. The summed E-state index contributed by atoms with van der Waals surface area (Å²) in [6.45, 7) is 10.7. The summed E-state index contributed by atoms with van der Waals surface area (Å²) >= 11 is 0. The Balaban J connectivity index is 1.82. The highest BCUT2D eigenvalue weighted by Crippen LogP contribution is 2.23. The van der Waals surface area contributed by atoms with Crippen LogP contribution in [-0.4, -0.2) is 54.3 Å². The van der Waals surface area contributed by atoms with Gasteiger partial charge in [0.15, 0.2) is 0 Å². The van der Waals surface area contributed by atoms with Gasteiger partial charge in [0.2, 0.25) is 15.9 Å². The number of rotatable bonds is 16. The van der Waals surface area contributed by atoms with E-state index in [9.17, 15) is 13.2 Å². The number of unbranched alkanes of at least 4 members (excludes halogenated alkanes) is 3. The van der Waals surface area contributed by atoms with Gasteiger partial charge in [-0.05, 0) is 49.9 Å². The molecule has 0 aliphatic carbocycles. The second-order valence-electron chi connectivity index (χ2n) is 11.4. The number of nitrogens with zero attached hydrogens (tertiary/aromatic N) is 3. The molecule has 0 spiro atoms. The van der Waals surface area contributed by atoms with Crippen LogP contribution < -0.4 is 10.6 Å². The van der Waals surface area contributed by atoms with Gasteiger partial charge in [-0.15, -0.1) is 0 Å². The van der Waals surface area contributed by atoms with Gasteiger partial charge in [-0.3, -0.25) is 10.1 Å². The van der Waals surface area contributed by atoms with Crippen LogP contribution in [0, 0.1) is 12.8 Å². The first-order valence-electron chi connectivity index (χ1n) is 15.0. The molecule has 2 aromatic carbocycles. The smallest absolute Gasteiger partial charge is 0.243 e. The maximum Gasteiger partial charge on any atom is 0.243 e. The lowest BCUT2D eigenvalue weighted by molar-refractivity contribution is -0.124. The number of likely N-dealkylation sites (N-methyl/N-ethyl adjacent to an activating group) is 1. The predicted octanol–water partition coefficient (Wildman–Crippen LogP) is 5.44. The summed E-state index contributed by atoms with van der Waals surface area (Å²) in [4.78, 5) is 23.0. The fourth-order valence-electron chi connectivity index (χ4n) is 4.80. The second kappa shape index (κ2) is 15.9. The minimum absolute atomic E-state index is 0.0323. The average molecular weight is 594 g/mol. The number of nitrogens with one attached hydrogen (secondary N) is 2. The highest BCUT2D eigenvalue weighted by Gasteiger charge is 2.29. The Hall–Kier alpha value is -3.14. The Labute approximate surface area is 252 Å². The molecule has 1 amide bonds. The molecule has 9 heteroatoms. The highest BCUT2D eigenvalue weighted by molar-refractivity contribution is 7.89. The Morgan fingerprint density at radius 1 is 0.952 bits per heavy atom. The molecule has 1 heterocycles. The number of sulfonamides is 1. The van der Waals surface area contributed by atoms with E-state index in [4.69, 9.17) is 4.98 Å². The number of aryl methyl sites for hydroxylation is 1. The number of carbonyl (C=O) groups is 1. The van der Waals surface area contributed by atoms with Crippen LogP contribution in [0.4, 0.5) is 0 Å². The summed E-state index contributed by atoms with van der Waals surface area (Å²) in [5.41, 5.74) is 2.68. The van der Waals surface area contributed by atoms with Crippen molar-refractivity contribution in [3.8, 4) is 0 Å². The van der Waals surface area contributed by atoms with E-state index in [-0.39, 0.29) is 22.8 Å². The molecule has 0 unspecified atom stereocenters. The molecule has 3 atom stereocenters. The SMILES string of the molecule is CCCCCCNC(=O)[C@@H](N[C@@H](c1ccccc1)c1nccc(C[C@H](C)N(C)S(=O)(=O)c2ccc(C)cc2)n1)C(C)C. The van der Waals surface area contributed by atoms with Crippen molar-refractivity contribution in [1.82, 2.24) is 24.9 Å². The van der Waals surface area contributed by atoms with E-state index in [1.54, 1.807) is 37.5 Å². The second-order valence-corrected chi connectivity index (χ2v) is 13.4. The third-order valence-corrected chi connectivity index (χ3v) is 9.56. The zero-order valence-electron chi connectivity index (χ0n) is 25.9. The molecule has 0 bridgehead atoms. The molecule has 42 heavy (non-hydrogen) atoms. The van der Waals surface area contributed by atoms with Gasteiger partial charge >= 0.3 is 0 Å². The molecule has 0 aliphatic rings. The maximum atomic E-state index is 13.3. The average Bonchev–Trinajstić information content (AvgIpc) is 2.97. The third-order valence-electron chi connectivity index (χ3n) is 7.57. The molecule has 8 nitrogen and oxygen atoms in total. The minimum atomic E-state index is -3.66. The van der Waals surface area contributed by atoms with Crippen molar-refractivity contribution in [2.24, 2.45) is 5.92 Å². The van der Waals surface area contributed by atoms with Crippen molar-refractivity contribution >= 4 is 15.9 Å². The first-order chi connectivity index (χ1) is 20.0. The minimum Gasteiger partial charge on any atom is -0.355 e. The van der Waals surface area contributed by atoms with Gasteiger partial charge in [-0.2, -0.15) is 4.31 Å². The van der Waals surface area contributed by atoms with E-state index in [1.807, 2.05) is 64.1 Å². The fourth-order valence-corrected chi connectivity index (χ4v) is 6.16. The number of carbonyl (C=O) groups excluding carboxylic acids is 1. The summed E-state index contributed by atoms with van der Waals surface area (Å²) in [6.07, 6.45) is 6.49. The monoisotopic (exact) mass is 593 g/mol. The molecule has 228 valence electrons. The first kappa shape index (κ1) is 33.4. The summed E-state index contributed by atoms with van der Waals surface area (Å²) < 4.78 is 27.9. The van der Waals surface area contributed by atoms with Crippen molar-refractivity contribution < 1.29 is 13.2 Å². The van der Waals surface area contributed by atoms with Crippen LogP contribution in [0.15, 0.2) is 71.8 Å². The topological polar surface area (TPSA) is 104 Å². The van der Waals surface area contributed by atoms with Crippen molar-refractivity contribution in [3.05, 3.63) is 89.5 Å². The largest absolute Gasteiger partial charge is 0.355 e. The lowest BCUT2D eigenvalue weighted by Gasteiger charge is -2.28. The summed E-state index contributed by atoms with van der Waals surface area (Å²) in [5, 5.41) is 6.66. The molecular weight excluding hydrogens is 546 g/mol. The van der Waals surface area contributed by atoms with Crippen molar-refractivity contribution in [2.75, 3.05) is 13.6 Å². The Morgan fingerprint density at radius 3 is 2.29 bits per heavy atom. The van der Waals surface area contributed by atoms with Gasteiger partial charge in [-0.1, -0.05) is 88.1 Å². The van der Waals surface area contributed by atoms with Gasteiger partial charge < -0.3 is 5.32 Å². The van der Waals surface area contributed by atoms with Crippen LogP contribution in [0.25, 0.3) is 0 Å². The van der Waals surface area contributed by atoms with Crippen LogP contribution in [0.2, 0.25) is 0 Å². The number of amides is 1. The summed E-state index contributed by atoms with van der Waals surface area (Å²) in [7, 11) is -2.06. The molecule has 0 fully saturated rings. The van der Waals surface area contributed by atoms with Crippen molar-refractivity contribution in [1.29, 1.82) is 0 Å². The lowest BCUT2D eigenvalue weighted by atomic mass is 9.98. The normalized spacial score (nSPS) is 14.1. The van der Waals surface area contributed by atoms with Crippen LogP contribution in [-0.2, 0) is 21.2 Å². The van der Waals surface area contributed by atoms with Gasteiger partial charge in [-0.25, -0.2) is 18.4 Å². The molecule has 0 saturated heterocycles. The Kier molecular flexibility index (Phi) is 12.6. The van der Waals surface area contributed by atoms with Gasteiger partial charge in [0, 0.05) is 37.9 Å². The van der Waals surface area contributed by atoms with E-state index >= 15 is 0 Å². The van der Waals surface area contributed by atoms with Crippen LogP contribution in [0.1, 0.15) is 82.1 Å². The third kappa shape index (κ3) is 9.18. The number of aromatic nitrogens is 2. The van der Waals surface area contributed by atoms with Crippen molar-refractivity contribution in [2.45, 2.75) is 89.7 Å². The first-order valence-corrected chi connectivity index (χ1v) is 16.4. The number of benzene rings is 2. The Morgan fingerprint density at radius 2 is 1.64 bits per heavy atom. The summed E-state index contributed by atoms with van der Waals surface area (Å²) in [5.74, 6) is 0.544. The lowest BCUT2D eigenvalue weighted by Crippen LogP contribution is -2.49. The number of hydrogen-bond acceptors (Lipinski definition) is 6. The molecular formula is C33H47N5O3S. The molecule has 0 saturated carbocycles. The maximum absolute atomic E-state index is 13.3. The van der Waals surface area contributed by atoms with Crippen LogP contribution in [0.3, 0.4) is 0 Å². The van der Waals surface area contributed by atoms with Crippen LogP contribution in [0.5, 0.6) is 0 Å².